The van der Waals surface area contributed by atoms with Crippen molar-refractivity contribution in [1.82, 2.24) is 0 Å². The SMILES string of the molecule is O=C(OS(c1ccccc1)(c1ccccc1)c1ccc(C2CCCCC2)cc1)c1ccccc1. The van der Waals surface area contributed by atoms with Crippen LogP contribution in [-0.2, 0) is 4.18 Å². The Balaban J connectivity index is 1.64. The van der Waals surface area contributed by atoms with Crippen molar-refractivity contribution in [2.24, 2.45) is 0 Å². The average molecular weight is 467 g/mol. The zero-order valence-electron chi connectivity index (χ0n) is 19.3. The summed E-state index contributed by atoms with van der Waals surface area (Å²) >= 11 is 0. The molecule has 3 heteroatoms. The van der Waals surface area contributed by atoms with E-state index < -0.39 is 10.3 Å². The van der Waals surface area contributed by atoms with E-state index in [2.05, 4.69) is 48.5 Å². The van der Waals surface area contributed by atoms with Gasteiger partial charge in [0.05, 0.1) is 5.56 Å². The smallest absolute Gasteiger partial charge is 0.349 e. The molecule has 172 valence electrons. The largest absolute Gasteiger partial charge is 0.398 e. The maximum Gasteiger partial charge on any atom is 0.349 e. The lowest BCUT2D eigenvalue weighted by atomic mass is 9.84. The van der Waals surface area contributed by atoms with Crippen molar-refractivity contribution in [3.63, 3.8) is 0 Å². The third-order valence-electron chi connectivity index (χ3n) is 6.65. The van der Waals surface area contributed by atoms with Crippen LogP contribution >= 0.6 is 10.3 Å². The molecular weight excluding hydrogens is 436 g/mol. The quantitative estimate of drug-likeness (QED) is 0.284. The van der Waals surface area contributed by atoms with Crippen molar-refractivity contribution < 1.29 is 8.98 Å². The zero-order valence-corrected chi connectivity index (χ0v) is 20.1. The van der Waals surface area contributed by atoms with Crippen LogP contribution in [0.1, 0.15) is 53.9 Å². The molecule has 0 N–H and O–H groups in total. The minimum absolute atomic E-state index is 0.306. The summed E-state index contributed by atoms with van der Waals surface area (Å²) in [5, 5.41) is 0. The van der Waals surface area contributed by atoms with Crippen molar-refractivity contribution in [3.8, 4) is 0 Å². The number of rotatable bonds is 6. The summed E-state index contributed by atoms with van der Waals surface area (Å²) in [6, 6.07) is 38.6. The molecule has 4 aromatic rings. The van der Waals surface area contributed by atoms with Crippen molar-refractivity contribution in [1.29, 1.82) is 0 Å². The summed E-state index contributed by atoms with van der Waals surface area (Å²) in [4.78, 5) is 16.5. The van der Waals surface area contributed by atoms with Crippen molar-refractivity contribution in [3.05, 3.63) is 126 Å². The second-order valence-corrected chi connectivity index (χ2v) is 11.5. The lowest BCUT2D eigenvalue weighted by Gasteiger charge is -2.40. The van der Waals surface area contributed by atoms with Crippen molar-refractivity contribution in [2.75, 3.05) is 0 Å². The summed E-state index contributed by atoms with van der Waals surface area (Å²) in [5.74, 6) is 0.326. The molecule has 5 rings (SSSR count). The Morgan fingerprint density at radius 2 is 1.06 bits per heavy atom. The highest BCUT2D eigenvalue weighted by Crippen LogP contribution is 2.69. The molecule has 0 aromatic heterocycles. The molecule has 1 saturated carbocycles. The molecule has 0 bridgehead atoms. The first-order valence-corrected chi connectivity index (χ1v) is 13.7. The number of benzene rings is 4. The van der Waals surface area contributed by atoms with Crippen LogP contribution in [0.3, 0.4) is 0 Å². The molecule has 0 heterocycles. The van der Waals surface area contributed by atoms with E-state index in [9.17, 15) is 4.79 Å². The maximum atomic E-state index is 13.5. The predicted molar refractivity (Wildman–Crippen MR) is 139 cm³/mol. The third-order valence-corrected chi connectivity index (χ3v) is 9.86. The molecule has 2 nitrogen and oxygen atoms in total. The summed E-state index contributed by atoms with van der Waals surface area (Å²) in [5.41, 5.74) is 1.96. The van der Waals surface area contributed by atoms with Gasteiger partial charge in [0.1, 0.15) is 0 Å². The topological polar surface area (TPSA) is 26.3 Å². The van der Waals surface area contributed by atoms with E-state index >= 15 is 0 Å². The molecular formula is C31H30O2S. The highest BCUT2D eigenvalue weighted by Gasteiger charge is 2.36. The minimum atomic E-state index is -2.28. The number of carbonyl (C=O) groups is 1. The van der Waals surface area contributed by atoms with Crippen molar-refractivity contribution >= 4 is 16.3 Å². The lowest BCUT2D eigenvalue weighted by Crippen LogP contribution is -2.14. The van der Waals surface area contributed by atoms with Gasteiger partial charge in [0.15, 0.2) is 0 Å². The average Bonchev–Trinajstić information content (AvgIpc) is 2.94. The fraction of sp³-hybridized carbons (Fsp3) is 0.194. The molecule has 1 aliphatic carbocycles. The summed E-state index contributed by atoms with van der Waals surface area (Å²) in [7, 11) is -2.28. The number of carbonyl (C=O) groups excluding carboxylic acids is 1. The third kappa shape index (κ3) is 4.53. The Bertz CT molecular complexity index is 1160. The Morgan fingerprint density at radius 1 is 0.588 bits per heavy atom. The Labute approximate surface area is 204 Å². The van der Waals surface area contributed by atoms with E-state index in [0.717, 1.165) is 14.7 Å². The Hall–Kier alpha value is -3.30. The second kappa shape index (κ2) is 10.3. The van der Waals surface area contributed by atoms with Gasteiger partial charge in [0.25, 0.3) is 0 Å². The van der Waals surface area contributed by atoms with Crippen LogP contribution in [0, 0.1) is 0 Å². The van der Waals surface area contributed by atoms with Crippen LogP contribution in [0.4, 0.5) is 0 Å². The molecule has 1 aliphatic rings. The molecule has 0 spiro atoms. The van der Waals surface area contributed by atoms with Crippen LogP contribution in [0.25, 0.3) is 0 Å². The van der Waals surface area contributed by atoms with Gasteiger partial charge in [-0.15, -0.1) is 0 Å². The maximum absolute atomic E-state index is 13.5. The summed E-state index contributed by atoms with van der Waals surface area (Å²) in [6.45, 7) is 0. The molecule has 0 radical (unpaired) electrons. The van der Waals surface area contributed by atoms with Gasteiger partial charge in [0, 0.05) is 14.7 Å². The highest BCUT2D eigenvalue weighted by molar-refractivity contribution is 8.30. The second-order valence-electron chi connectivity index (χ2n) is 8.82. The van der Waals surface area contributed by atoms with E-state index in [1.54, 1.807) is 0 Å². The first kappa shape index (κ1) is 22.5. The van der Waals surface area contributed by atoms with E-state index in [1.807, 2.05) is 66.7 Å². The molecule has 0 atom stereocenters. The van der Waals surface area contributed by atoms with E-state index in [-0.39, 0.29) is 5.97 Å². The van der Waals surface area contributed by atoms with Crippen LogP contribution in [-0.4, -0.2) is 5.97 Å². The van der Waals surface area contributed by atoms with Gasteiger partial charge in [-0.3, -0.25) is 0 Å². The first-order chi connectivity index (χ1) is 16.8. The summed E-state index contributed by atoms with van der Waals surface area (Å²) in [6.07, 6.45) is 6.49. The van der Waals surface area contributed by atoms with Gasteiger partial charge in [-0.05, 0) is 83.2 Å². The molecule has 0 unspecified atom stereocenters. The molecule has 4 aromatic carbocycles. The van der Waals surface area contributed by atoms with Gasteiger partial charge in [0.2, 0.25) is 0 Å². The summed E-state index contributed by atoms with van der Waals surface area (Å²) < 4.78 is 6.61. The predicted octanol–water partition coefficient (Wildman–Crippen LogP) is 8.79. The van der Waals surface area contributed by atoms with Crippen LogP contribution in [0.2, 0.25) is 0 Å². The molecule has 0 aliphatic heterocycles. The Kier molecular flexibility index (Phi) is 6.82. The van der Waals surface area contributed by atoms with E-state index in [4.69, 9.17) is 4.18 Å². The lowest BCUT2D eigenvalue weighted by molar-refractivity contribution is 0.0757. The van der Waals surface area contributed by atoms with Crippen LogP contribution < -0.4 is 0 Å². The fourth-order valence-corrected chi connectivity index (χ4v) is 7.91. The molecule has 34 heavy (non-hydrogen) atoms. The zero-order chi connectivity index (χ0) is 23.2. The number of hydrogen-bond acceptors (Lipinski definition) is 2. The van der Waals surface area contributed by atoms with Gasteiger partial charge >= 0.3 is 5.97 Å². The van der Waals surface area contributed by atoms with Crippen LogP contribution in [0.15, 0.2) is 130 Å². The monoisotopic (exact) mass is 466 g/mol. The van der Waals surface area contributed by atoms with Gasteiger partial charge < -0.3 is 4.18 Å². The van der Waals surface area contributed by atoms with Crippen molar-refractivity contribution in [2.45, 2.75) is 52.7 Å². The fourth-order valence-electron chi connectivity index (χ4n) is 4.88. The molecule has 1 fully saturated rings. The molecule has 0 amide bonds. The van der Waals surface area contributed by atoms with Gasteiger partial charge in [-0.25, -0.2) is 4.79 Å². The standard InChI is InChI=1S/C31H30O2S/c32-31(27-15-7-2-8-16-27)33-34(28-17-9-3-10-18-28,29-19-11-4-12-20-29)30-23-21-26(22-24-30)25-13-5-1-6-14-25/h2-4,7-12,15-25H,1,5-6,13-14H2. The normalized spacial score (nSPS) is 14.9. The first-order valence-electron chi connectivity index (χ1n) is 12.1. The van der Waals surface area contributed by atoms with Gasteiger partial charge in [-0.1, -0.05) is 86.0 Å². The van der Waals surface area contributed by atoms with E-state index in [0.29, 0.717) is 11.5 Å². The van der Waals surface area contributed by atoms with Crippen LogP contribution in [0.5, 0.6) is 0 Å². The Morgan fingerprint density at radius 3 is 1.59 bits per heavy atom. The van der Waals surface area contributed by atoms with Gasteiger partial charge in [-0.2, -0.15) is 0 Å². The number of hydrogen-bond donors (Lipinski definition) is 0. The highest BCUT2D eigenvalue weighted by atomic mass is 32.3. The molecule has 0 saturated heterocycles. The van der Waals surface area contributed by atoms with E-state index in [1.165, 1.54) is 37.7 Å². The minimum Gasteiger partial charge on any atom is -0.398 e.